The average molecular weight is 333 g/mol. The molecule has 0 radical (unpaired) electrons. The number of fused-ring (bicyclic) bond motifs is 2. The molecule has 2 amide bonds. The Labute approximate surface area is 146 Å². The van der Waals surface area contributed by atoms with Gasteiger partial charge in [-0.3, -0.25) is 14.9 Å². The molecule has 0 unspecified atom stereocenters. The summed E-state index contributed by atoms with van der Waals surface area (Å²) in [4.78, 5) is 25.8. The third-order valence-electron chi connectivity index (χ3n) is 4.79. The van der Waals surface area contributed by atoms with Crippen LogP contribution in [-0.2, 0) is 0 Å². The molecule has 2 N–H and O–H groups in total. The number of nitrogens with one attached hydrogen (secondary N) is 2. The summed E-state index contributed by atoms with van der Waals surface area (Å²) < 4.78 is 0. The van der Waals surface area contributed by atoms with Gasteiger partial charge >= 0.3 is 0 Å². The molecular weight excluding hydrogens is 314 g/mol. The van der Waals surface area contributed by atoms with Crippen LogP contribution < -0.4 is 15.5 Å². The van der Waals surface area contributed by atoms with Crippen LogP contribution in [0.1, 0.15) is 44.8 Å². The zero-order valence-corrected chi connectivity index (χ0v) is 14.2. The molecule has 0 saturated heterocycles. The van der Waals surface area contributed by atoms with E-state index in [2.05, 4.69) is 40.7 Å². The van der Waals surface area contributed by atoms with E-state index < -0.39 is 0 Å². The van der Waals surface area contributed by atoms with Crippen molar-refractivity contribution in [1.82, 2.24) is 10.6 Å². The maximum atomic E-state index is 12.0. The largest absolute Gasteiger partial charge is 0.387 e. The first kappa shape index (κ1) is 15.4. The summed E-state index contributed by atoms with van der Waals surface area (Å²) in [6.45, 7) is 2.91. The molecule has 2 aromatic carbocycles. The molecule has 0 saturated carbocycles. The maximum absolute atomic E-state index is 12.0. The number of nitrogens with zero attached hydrogens (tertiary/aromatic N) is 1. The first-order chi connectivity index (χ1) is 12.1. The van der Waals surface area contributed by atoms with Crippen molar-refractivity contribution in [2.45, 2.75) is 13.0 Å². The Hall–Kier alpha value is -3.08. The van der Waals surface area contributed by atoms with Gasteiger partial charge < -0.3 is 10.2 Å². The van der Waals surface area contributed by atoms with E-state index in [1.165, 1.54) is 11.1 Å². The Morgan fingerprint density at radius 3 is 2.64 bits per heavy atom. The predicted octanol–water partition coefficient (Wildman–Crippen LogP) is 2.71. The molecule has 0 aromatic heterocycles. The van der Waals surface area contributed by atoms with Gasteiger partial charge in [0.05, 0.1) is 17.2 Å². The normalized spacial score (nSPS) is 17.7. The lowest BCUT2D eigenvalue weighted by molar-refractivity contribution is 0.0879. The van der Waals surface area contributed by atoms with E-state index in [-0.39, 0.29) is 17.9 Å². The van der Waals surface area contributed by atoms with Crippen molar-refractivity contribution in [2.75, 3.05) is 18.5 Å². The Morgan fingerprint density at radius 2 is 1.84 bits per heavy atom. The van der Waals surface area contributed by atoms with Gasteiger partial charge in [0.1, 0.15) is 0 Å². The van der Waals surface area contributed by atoms with Crippen molar-refractivity contribution in [2.24, 2.45) is 0 Å². The zero-order valence-electron chi connectivity index (χ0n) is 14.2. The first-order valence-electron chi connectivity index (χ1n) is 8.37. The van der Waals surface area contributed by atoms with E-state index in [4.69, 9.17) is 0 Å². The summed E-state index contributed by atoms with van der Waals surface area (Å²) in [5, 5.41) is 5.79. The van der Waals surface area contributed by atoms with E-state index in [0.29, 0.717) is 11.1 Å². The highest BCUT2D eigenvalue weighted by Gasteiger charge is 2.31. The van der Waals surface area contributed by atoms with Crippen LogP contribution in [0, 0.1) is 0 Å². The third kappa shape index (κ3) is 2.39. The number of carbonyl (C=O) groups excluding carboxylic acids is 2. The highest BCUT2D eigenvalue weighted by atomic mass is 16.2. The fraction of sp³-hybridized carbons (Fsp3) is 0.200. The fourth-order valence-corrected chi connectivity index (χ4v) is 3.60. The van der Waals surface area contributed by atoms with Crippen LogP contribution in [0.25, 0.3) is 6.08 Å². The van der Waals surface area contributed by atoms with Crippen LogP contribution in [0.4, 0.5) is 5.69 Å². The number of amides is 2. The summed E-state index contributed by atoms with van der Waals surface area (Å²) in [5.41, 5.74) is 5.33. The Balaban J connectivity index is 1.74. The van der Waals surface area contributed by atoms with E-state index in [0.717, 1.165) is 17.9 Å². The number of likely N-dealkylation sites (N-methyl/N-ethyl adjacent to an activating group) is 2. The molecule has 2 aliphatic rings. The van der Waals surface area contributed by atoms with E-state index >= 15 is 0 Å². The molecule has 1 aliphatic carbocycles. The molecule has 0 bridgehead atoms. The second-order valence-electron chi connectivity index (χ2n) is 6.29. The number of benzene rings is 2. The van der Waals surface area contributed by atoms with Crippen LogP contribution in [0.15, 0.2) is 48.2 Å². The van der Waals surface area contributed by atoms with Gasteiger partial charge in [0.2, 0.25) is 0 Å². The average Bonchev–Trinajstić information content (AvgIpc) is 3.11. The standard InChI is InChI=1S/C20H19N3O2/c1-3-21-17-10-12-6-4-5-7-14(12)18(17)23(2)13-8-9-15-16(11-13)20(25)22-19(15)24/h4-11,18,21H,3H2,1-2H3,(H,22,24,25)/t18-/m1/s1. The van der Waals surface area contributed by atoms with E-state index in [9.17, 15) is 9.59 Å². The minimum atomic E-state index is -0.329. The lowest BCUT2D eigenvalue weighted by Gasteiger charge is -2.30. The van der Waals surface area contributed by atoms with Gasteiger partial charge in [0, 0.05) is 25.0 Å². The molecule has 5 heteroatoms. The second-order valence-corrected chi connectivity index (χ2v) is 6.29. The monoisotopic (exact) mass is 333 g/mol. The smallest absolute Gasteiger partial charge is 0.259 e. The quantitative estimate of drug-likeness (QED) is 0.845. The van der Waals surface area contributed by atoms with Crippen molar-refractivity contribution >= 4 is 23.6 Å². The van der Waals surface area contributed by atoms with Crippen LogP contribution in [0.5, 0.6) is 0 Å². The van der Waals surface area contributed by atoms with Crippen molar-refractivity contribution in [3.8, 4) is 0 Å². The second kappa shape index (κ2) is 5.77. The first-order valence-corrected chi connectivity index (χ1v) is 8.37. The number of anilines is 1. The summed E-state index contributed by atoms with van der Waals surface area (Å²) in [6.07, 6.45) is 2.17. The van der Waals surface area contributed by atoms with Crippen molar-refractivity contribution in [3.63, 3.8) is 0 Å². The molecule has 126 valence electrons. The van der Waals surface area contributed by atoms with E-state index in [1.54, 1.807) is 12.1 Å². The van der Waals surface area contributed by atoms with E-state index in [1.807, 2.05) is 25.2 Å². The summed E-state index contributed by atoms with van der Waals surface area (Å²) in [6, 6.07) is 13.8. The molecule has 5 nitrogen and oxygen atoms in total. The molecule has 1 heterocycles. The lowest BCUT2D eigenvalue weighted by Crippen LogP contribution is -2.29. The van der Waals surface area contributed by atoms with Gasteiger partial charge in [-0.2, -0.15) is 0 Å². The maximum Gasteiger partial charge on any atom is 0.259 e. The Morgan fingerprint density at radius 1 is 1.08 bits per heavy atom. The Bertz CT molecular complexity index is 917. The van der Waals surface area contributed by atoms with Crippen LogP contribution in [0.2, 0.25) is 0 Å². The molecule has 1 atom stereocenters. The summed E-state index contributed by atoms with van der Waals surface area (Å²) in [7, 11) is 2.01. The van der Waals surface area contributed by atoms with Crippen molar-refractivity contribution < 1.29 is 9.59 Å². The molecule has 2 aromatic rings. The molecule has 0 fully saturated rings. The summed E-state index contributed by atoms with van der Waals surface area (Å²) in [5.74, 6) is -0.654. The van der Waals surface area contributed by atoms with Crippen LogP contribution in [0.3, 0.4) is 0 Å². The van der Waals surface area contributed by atoms with Gasteiger partial charge in [0.15, 0.2) is 0 Å². The van der Waals surface area contributed by atoms with Crippen molar-refractivity contribution in [1.29, 1.82) is 0 Å². The lowest BCUT2D eigenvalue weighted by atomic mass is 10.0. The van der Waals surface area contributed by atoms with Crippen molar-refractivity contribution in [3.05, 3.63) is 70.4 Å². The number of hydrogen-bond acceptors (Lipinski definition) is 4. The van der Waals surface area contributed by atoms with Gasteiger partial charge in [0.25, 0.3) is 11.8 Å². The molecule has 4 rings (SSSR count). The number of imide groups is 1. The highest BCUT2D eigenvalue weighted by Crippen LogP contribution is 2.39. The van der Waals surface area contributed by atoms with Gasteiger partial charge in [-0.05, 0) is 42.3 Å². The number of rotatable bonds is 4. The molecular formula is C20H19N3O2. The third-order valence-corrected chi connectivity index (χ3v) is 4.79. The number of carbonyl (C=O) groups is 2. The summed E-state index contributed by atoms with van der Waals surface area (Å²) >= 11 is 0. The zero-order chi connectivity index (χ0) is 17.6. The topological polar surface area (TPSA) is 61.4 Å². The fourth-order valence-electron chi connectivity index (χ4n) is 3.60. The predicted molar refractivity (Wildman–Crippen MR) is 97.5 cm³/mol. The van der Waals surface area contributed by atoms with Gasteiger partial charge in [-0.1, -0.05) is 24.3 Å². The van der Waals surface area contributed by atoms with Gasteiger partial charge in [-0.15, -0.1) is 0 Å². The molecule has 25 heavy (non-hydrogen) atoms. The number of hydrogen-bond donors (Lipinski definition) is 2. The van der Waals surface area contributed by atoms with Crippen LogP contribution >= 0.6 is 0 Å². The SMILES string of the molecule is CCNC1=Cc2ccccc2[C@H]1N(C)c1ccc2c(c1)C(=O)NC2=O. The molecule has 0 spiro atoms. The van der Waals surface area contributed by atoms with Crippen LogP contribution in [-0.4, -0.2) is 25.4 Å². The minimum Gasteiger partial charge on any atom is -0.387 e. The minimum absolute atomic E-state index is 0.0503. The Kier molecular flexibility index (Phi) is 3.57. The molecule has 1 aliphatic heterocycles. The highest BCUT2D eigenvalue weighted by molar-refractivity contribution is 6.21. The van der Waals surface area contributed by atoms with Gasteiger partial charge in [-0.25, -0.2) is 0 Å².